The third kappa shape index (κ3) is 6.05. The van der Waals surface area contributed by atoms with Crippen LogP contribution in [0, 0.1) is 12.7 Å². The van der Waals surface area contributed by atoms with E-state index in [0.29, 0.717) is 0 Å². The molecule has 2 N–H and O–H groups in total. The third-order valence-electron chi connectivity index (χ3n) is 3.59. The van der Waals surface area contributed by atoms with Gasteiger partial charge in [0.1, 0.15) is 11.6 Å². The van der Waals surface area contributed by atoms with E-state index in [2.05, 4.69) is 10.6 Å². The van der Waals surface area contributed by atoms with E-state index in [-0.39, 0.29) is 30.5 Å². The number of halogens is 1. The number of nitrogens with one attached hydrogen (secondary N) is 2. The molecule has 0 saturated heterocycles. The number of amides is 2. The number of hydrogen-bond acceptors (Lipinski definition) is 3. The van der Waals surface area contributed by atoms with Gasteiger partial charge in [0.25, 0.3) is 0 Å². The lowest BCUT2D eigenvalue weighted by Gasteiger charge is -2.07. The smallest absolute Gasteiger partial charge is 0.244 e. The van der Waals surface area contributed by atoms with E-state index >= 15 is 0 Å². The Balaban J connectivity index is 1.74. The molecule has 0 bridgehead atoms. The van der Waals surface area contributed by atoms with Gasteiger partial charge in [-0.05, 0) is 48.4 Å². The van der Waals surface area contributed by atoms with Crippen molar-refractivity contribution in [3.8, 4) is 5.75 Å². The van der Waals surface area contributed by atoms with Crippen molar-refractivity contribution >= 4 is 23.6 Å². The molecule has 2 rings (SSSR count). The normalized spacial score (nSPS) is 10.6. The molecule has 0 spiro atoms. The van der Waals surface area contributed by atoms with E-state index in [1.165, 1.54) is 18.2 Å². The summed E-state index contributed by atoms with van der Waals surface area (Å²) in [6.07, 6.45) is 3.10. The number of anilines is 1. The minimum atomic E-state index is -0.482. The molecule has 0 heterocycles. The maximum Gasteiger partial charge on any atom is 0.244 e. The van der Waals surface area contributed by atoms with Gasteiger partial charge >= 0.3 is 0 Å². The van der Waals surface area contributed by atoms with Crippen LogP contribution in [-0.2, 0) is 9.59 Å². The Hall–Kier alpha value is -3.15. The highest BCUT2D eigenvalue weighted by Crippen LogP contribution is 2.15. The Bertz CT molecular complexity index is 801. The predicted octanol–water partition coefficient (Wildman–Crippen LogP) is 3.30. The maximum absolute atomic E-state index is 13.7. The highest BCUT2D eigenvalue weighted by Gasteiger charge is 2.07. The van der Waals surface area contributed by atoms with Crippen LogP contribution in [0.1, 0.15) is 17.5 Å². The van der Waals surface area contributed by atoms with E-state index in [1.807, 2.05) is 12.1 Å². The molecule has 2 aromatic carbocycles. The molecule has 26 heavy (non-hydrogen) atoms. The number of aryl methyl sites for hydroxylation is 1. The summed E-state index contributed by atoms with van der Waals surface area (Å²) in [5.74, 6) is -0.422. The van der Waals surface area contributed by atoms with Crippen molar-refractivity contribution in [2.45, 2.75) is 13.3 Å². The first kappa shape index (κ1) is 19.2. The molecule has 0 aliphatic carbocycles. The average molecular weight is 356 g/mol. The fourth-order valence-electron chi connectivity index (χ4n) is 2.18. The molecule has 2 aromatic rings. The number of ether oxygens (including phenoxy) is 1. The lowest BCUT2D eigenvalue weighted by atomic mass is 10.2. The van der Waals surface area contributed by atoms with Gasteiger partial charge in [0.05, 0.1) is 12.8 Å². The summed E-state index contributed by atoms with van der Waals surface area (Å²) in [4.78, 5) is 23.6. The molecule has 136 valence electrons. The van der Waals surface area contributed by atoms with Crippen LogP contribution in [0.2, 0.25) is 0 Å². The minimum absolute atomic E-state index is 0.0510. The van der Waals surface area contributed by atoms with Crippen LogP contribution in [0.5, 0.6) is 5.75 Å². The Morgan fingerprint density at radius 2 is 1.88 bits per heavy atom. The van der Waals surface area contributed by atoms with Gasteiger partial charge in [0.2, 0.25) is 11.8 Å². The van der Waals surface area contributed by atoms with Crippen LogP contribution >= 0.6 is 0 Å². The summed E-state index contributed by atoms with van der Waals surface area (Å²) in [7, 11) is 1.58. The number of hydrogen-bond donors (Lipinski definition) is 2. The van der Waals surface area contributed by atoms with Gasteiger partial charge in [0, 0.05) is 19.0 Å². The van der Waals surface area contributed by atoms with Crippen molar-refractivity contribution in [2.24, 2.45) is 0 Å². The van der Waals surface area contributed by atoms with E-state index < -0.39 is 5.82 Å². The van der Waals surface area contributed by atoms with Gasteiger partial charge in [-0.3, -0.25) is 9.59 Å². The Morgan fingerprint density at radius 3 is 2.54 bits per heavy atom. The highest BCUT2D eigenvalue weighted by atomic mass is 19.1. The molecule has 2 amide bonds. The van der Waals surface area contributed by atoms with Gasteiger partial charge < -0.3 is 15.4 Å². The van der Waals surface area contributed by atoms with Crippen molar-refractivity contribution in [3.63, 3.8) is 0 Å². The third-order valence-corrected chi connectivity index (χ3v) is 3.59. The molecule has 0 atom stereocenters. The Kier molecular flexibility index (Phi) is 6.91. The van der Waals surface area contributed by atoms with Crippen LogP contribution in [-0.4, -0.2) is 25.5 Å². The first-order valence-corrected chi connectivity index (χ1v) is 8.14. The van der Waals surface area contributed by atoms with E-state index in [0.717, 1.165) is 16.9 Å². The van der Waals surface area contributed by atoms with Crippen molar-refractivity contribution < 1.29 is 18.7 Å². The summed E-state index contributed by atoms with van der Waals surface area (Å²) in [5.41, 5.74) is 1.76. The van der Waals surface area contributed by atoms with E-state index in [1.54, 1.807) is 38.3 Å². The largest absolute Gasteiger partial charge is 0.497 e. The summed E-state index contributed by atoms with van der Waals surface area (Å²) in [6, 6.07) is 11.8. The van der Waals surface area contributed by atoms with Gasteiger partial charge in [-0.2, -0.15) is 0 Å². The van der Waals surface area contributed by atoms with Crippen LogP contribution < -0.4 is 15.4 Å². The van der Waals surface area contributed by atoms with Crippen LogP contribution in [0.15, 0.2) is 48.5 Å². The second-order valence-electron chi connectivity index (χ2n) is 5.68. The molecule has 0 unspecified atom stereocenters. The number of benzene rings is 2. The van der Waals surface area contributed by atoms with Crippen molar-refractivity contribution in [2.75, 3.05) is 19.0 Å². The summed E-state index contributed by atoms with van der Waals surface area (Å²) >= 11 is 0. The van der Waals surface area contributed by atoms with Crippen LogP contribution in [0.25, 0.3) is 6.08 Å². The zero-order valence-electron chi connectivity index (χ0n) is 14.7. The zero-order chi connectivity index (χ0) is 18.9. The van der Waals surface area contributed by atoms with Gasteiger partial charge in [-0.25, -0.2) is 4.39 Å². The first-order valence-electron chi connectivity index (χ1n) is 8.14. The molecular formula is C20H21FN2O3. The second-order valence-corrected chi connectivity index (χ2v) is 5.68. The standard InChI is InChI=1S/C20H21FN2O3/c1-14-3-9-18(17(21)13-14)23-20(25)11-12-22-19(24)10-6-15-4-7-16(26-2)8-5-15/h3-10,13H,11-12H2,1-2H3,(H,22,24)(H,23,25). The maximum atomic E-state index is 13.7. The van der Waals surface area contributed by atoms with Crippen molar-refractivity contribution in [1.29, 1.82) is 0 Å². The average Bonchev–Trinajstić information content (AvgIpc) is 2.63. The number of rotatable bonds is 7. The van der Waals surface area contributed by atoms with E-state index in [4.69, 9.17) is 4.74 Å². The number of methoxy groups -OCH3 is 1. The molecule has 0 saturated carbocycles. The topological polar surface area (TPSA) is 67.4 Å². The molecule has 0 aromatic heterocycles. The summed E-state index contributed by atoms with van der Waals surface area (Å²) in [5, 5.41) is 5.10. The second kappa shape index (κ2) is 9.36. The SMILES string of the molecule is COc1ccc(C=CC(=O)NCCC(=O)Nc2ccc(C)cc2F)cc1. The van der Waals surface area contributed by atoms with E-state index in [9.17, 15) is 14.0 Å². The highest BCUT2D eigenvalue weighted by molar-refractivity contribution is 5.93. The monoisotopic (exact) mass is 356 g/mol. The number of carbonyl (C=O) groups excluding carboxylic acids is 2. The van der Waals surface area contributed by atoms with Crippen LogP contribution in [0.4, 0.5) is 10.1 Å². The lowest BCUT2D eigenvalue weighted by Crippen LogP contribution is -2.26. The molecule has 0 fully saturated rings. The Morgan fingerprint density at radius 1 is 1.15 bits per heavy atom. The van der Waals surface area contributed by atoms with Gasteiger partial charge in [-0.15, -0.1) is 0 Å². The molecule has 5 nitrogen and oxygen atoms in total. The van der Waals surface area contributed by atoms with Gasteiger partial charge in [0.15, 0.2) is 0 Å². The number of carbonyl (C=O) groups is 2. The molecule has 0 radical (unpaired) electrons. The molecule has 0 aliphatic heterocycles. The minimum Gasteiger partial charge on any atom is -0.497 e. The molecule has 0 aliphatic rings. The predicted molar refractivity (Wildman–Crippen MR) is 99.4 cm³/mol. The first-order chi connectivity index (χ1) is 12.5. The molecular weight excluding hydrogens is 335 g/mol. The van der Waals surface area contributed by atoms with Crippen molar-refractivity contribution in [1.82, 2.24) is 5.32 Å². The summed E-state index contributed by atoms with van der Waals surface area (Å²) < 4.78 is 18.7. The zero-order valence-corrected chi connectivity index (χ0v) is 14.7. The van der Waals surface area contributed by atoms with Crippen molar-refractivity contribution in [3.05, 3.63) is 65.5 Å². The van der Waals surface area contributed by atoms with Crippen LogP contribution in [0.3, 0.4) is 0 Å². The Labute approximate surface area is 151 Å². The molecule has 6 heteroatoms. The fourth-order valence-corrected chi connectivity index (χ4v) is 2.18. The van der Waals surface area contributed by atoms with Gasteiger partial charge in [-0.1, -0.05) is 18.2 Å². The quantitative estimate of drug-likeness (QED) is 0.748. The lowest BCUT2D eigenvalue weighted by molar-refractivity contribution is -0.117. The fraction of sp³-hybridized carbons (Fsp3) is 0.200. The summed E-state index contributed by atoms with van der Waals surface area (Å²) in [6.45, 7) is 1.93.